The molecule has 2 unspecified atom stereocenters. The van der Waals surface area contributed by atoms with Gasteiger partial charge < -0.3 is 15.2 Å². The first kappa shape index (κ1) is 15.1. The van der Waals surface area contributed by atoms with Crippen molar-refractivity contribution in [3.05, 3.63) is 48.5 Å². The van der Waals surface area contributed by atoms with E-state index in [1.165, 1.54) is 24.4 Å². The minimum absolute atomic E-state index is 0.377. The molecule has 0 amide bonds. The van der Waals surface area contributed by atoms with Crippen molar-refractivity contribution in [3.63, 3.8) is 0 Å². The first-order valence-corrected chi connectivity index (χ1v) is 8.30. The van der Waals surface area contributed by atoms with E-state index in [2.05, 4.69) is 70.6 Å². The number of aryl methyl sites for hydroxylation is 1. The monoisotopic (exact) mass is 298 g/mol. The molecule has 0 saturated heterocycles. The standard InChI is InChI=1S/C18H26N4/c1-14(2)17(21-15-7-4-3-5-8-15)13-20-16-9-6-11-22-12-10-19-18(16)22/h3-5,7-8,10,12,14,16-17,20-21H,6,9,11,13H2,1-2H3. The maximum atomic E-state index is 4.53. The number of nitrogens with one attached hydrogen (secondary N) is 2. The molecule has 4 heteroatoms. The summed E-state index contributed by atoms with van der Waals surface area (Å²) >= 11 is 0. The van der Waals surface area contributed by atoms with Gasteiger partial charge in [0.05, 0.1) is 6.04 Å². The Labute approximate surface area is 133 Å². The lowest BCUT2D eigenvalue weighted by molar-refractivity contribution is 0.364. The molecule has 22 heavy (non-hydrogen) atoms. The zero-order valence-electron chi connectivity index (χ0n) is 13.5. The van der Waals surface area contributed by atoms with E-state index in [1.54, 1.807) is 0 Å². The van der Waals surface area contributed by atoms with Gasteiger partial charge in [0.2, 0.25) is 0 Å². The van der Waals surface area contributed by atoms with Crippen LogP contribution in [0.3, 0.4) is 0 Å². The zero-order valence-corrected chi connectivity index (χ0v) is 13.5. The van der Waals surface area contributed by atoms with E-state index in [0.717, 1.165) is 13.1 Å². The number of hydrogen-bond donors (Lipinski definition) is 2. The summed E-state index contributed by atoms with van der Waals surface area (Å²) in [5.74, 6) is 1.75. The van der Waals surface area contributed by atoms with E-state index in [9.17, 15) is 0 Å². The van der Waals surface area contributed by atoms with Crippen LogP contribution in [0.25, 0.3) is 0 Å². The maximum absolute atomic E-state index is 4.53. The molecule has 1 aliphatic rings. The number of hydrogen-bond acceptors (Lipinski definition) is 3. The molecule has 1 aliphatic heterocycles. The minimum Gasteiger partial charge on any atom is -0.381 e. The van der Waals surface area contributed by atoms with Crippen molar-refractivity contribution >= 4 is 5.69 Å². The second kappa shape index (κ2) is 6.97. The van der Waals surface area contributed by atoms with Crippen LogP contribution in [-0.2, 0) is 6.54 Å². The van der Waals surface area contributed by atoms with Gasteiger partial charge in [-0.1, -0.05) is 32.0 Å². The molecule has 118 valence electrons. The van der Waals surface area contributed by atoms with Crippen LogP contribution in [0.1, 0.15) is 38.6 Å². The quantitative estimate of drug-likeness (QED) is 0.858. The molecule has 2 N–H and O–H groups in total. The Balaban J connectivity index is 1.61. The van der Waals surface area contributed by atoms with E-state index < -0.39 is 0 Å². The average Bonchev–Trinajstić information content (AvgIpc) is 3.01. The predicted octanol–water partition coefficient (Wildman–Crippen LogP) is 3.44. The molecular formula is C18H26N4. The van der Waals surface area contributed by atoms with Crippen molar-refractivity contribution in [2.75, 3.05) is 11.9 Å². The fraction of sp³-hybridized carbons (Fsp3) is 0.500. The maximum Gasteiger partial charge on any atom is 0.125 e. The van der Waals surface area contributed by atoms with Gasteiger partial charge in [0.1, 0.15) is 5.82 Å². The smallest absolute Gasteiger partial charge is 0.125 e. The number of anilines is 1. The van der Waals surface area contributed by atoms with Crippen molar-refractivity contribution in [2.24, 2.45) is 5.92 Å². The molecule has 2 aromatic rings. The molecule has 0 bridgehead atoms. The second-order valence-corrected chi connectivity index (χ2v) is 6.44. The third-order valence-electron chi connectivity index (χ3n) is 4.47. The van der Waals surface area contributed by atoms with Crippen LogP contribution >= 0.6 is 0 Å². The van der Waals surface area contributed by atoms with Gasteiger partial charge in [0.25, 0.3) is 0 Å². The van der Waals surface area contributed by atoms with Crippen molar-refractivity contribution in [3.8, 4) is 0 Å². The van der Waals surface area contributed by atoms with Gasteiger partial charge in [-0.25, -0.2) is 4.98 Å². The van der Waals surface area contributed by atoms with Gasteiger partial charge >= 0.3 is 0 Å². The minimum atomic E-state index is 0.377. The van der Waals surface area contributed by atoms with E-state index in [1.807, 2.05) is 6.20 Å². The molecule has 1 aromatic heterocycles. The lowest BCUT2D eigenvalue weighted by atomic mass is 10.0. The number of nitrogens with zero attached hydrogens (tertiary/aromatic N) is 2. The van der Waals surface area contributed by atoms with Gasteiger partial charge in [0.15, 0.2) is 0 Å². The van der Waals surface area contributed by atoms with Gasteiger partial charge in [-0.15, -0.1) is 0 Å². The van der Waals surface area contributed by atoms with Crippen molar-refractivity contribution in [1.29, 1.82) is 0 Å². The summed E-state index contributed by atoms with van der Waals surface area (Å²) < 4.78 is 2.27. The van der Waals surface area contributed by atoms with Gasteiger partial charge in [-0.2, -0.15) is 0 Å². The van der Waals surface area contributed by atoms with Crippen molar-refractivity contribution in [2.45, 2.75) is 45.3 Å². The van der Waals surface area contributed by atoms with Gasteiger partial charge in [-0.3, -0.25) is 0 Å². The second-order valence-electron chi connectivity index (χ2n) is 6.44. The molecule has 0 spiro atoms. The summed E-state index contributed by atoms with van der Waals surface area (Å²) in [4.78, 5) is 4.53. The fourth-order valence-electron chi connectivity index (χ4n) is 3.08. The van der Waals surface area contributed by atoms with E-state index >= 15 is 0 Å². The molecule has 2 heterocycles. The number of para-hydroxylation sites is 1. The summed E-state index contributed by atoms with van der Waals surface area (Å²) in [7, 11) is 0. The molecule has 1 aromatic carbocycles. The van der Waals surface area contributed by atoms with E-state index in [4.69, 9.17) is 0 Å². The largest absolute Gasteiger partial charge is 0.381 e. The number of aromatic nitrogens is 2. The molecule has 3 rings (SSSR count). The van der Waals surface area contributed by atoms with Crippen LogP contribution in [0.15, 0.2) is 42.7 Å². The lowest BCUT2D eigenvalue weighted by Gasteiger charge is -2.29. The fourth-order valence-corrected chi connectivity index (χ4v) is 3.08. The molecule has 0 radical (unpaired) electrons. The first-order valence-electron chi connectivity index (χ1n) is 8.30. The highest BCUT2D eigenvalue weighted by Gasteiger charge is 2.22. The lowest BCUT2D eigenvalue weighted by Crippen LogP contribution is -2.40. The van der Waals surface area contributed by atoms with Gasteiger partial charge in [-0.05, 0) is 30.9 Å². The summed E-state index contributed by atoms with van der Waals surface area (Å²) in [6.07, 6.45) is 6.40. The summed E-state index contributed by atoms with van der Waals surface area (Å²) in [5, 5.41) is 7.37. The summed E-state index contributed by atoms with van der Waals surface area (Å²) in [5.41, 5.74) is 1.19. The topological polar surface area (TPSA) is 41.9 Å². The molecule has 4 nitrogen and oxygen atoms in total. The molecule has 0 aliphatic carbocycles. The molecule has 2 atom stereocenters. The van der Waals surface area contributed by atoms with Crippen LogP contribution in [0.2, 0.25) is 0 Å². The Hall–Kier alpha value is -1.81. The summed E-state index contributed by atoms with van der Waals surface area (Å²) in [6, 6.07) is 11.2. The predicted molar refractivity (Wildman–Crippen MR) is 90.9 cm³/mol. The van der Waals surface area contributed by atoms with Crippen LogP contribution in [0.4, 0.5) is 5.69 Å². The van der Waals surface area contributed by atoms with Crippen LogP contribution < -0.4 is 10.6 Å². The number of fused-ring (bicyclic) bond motifs is 1. The first-order chi connectivity index (χ1) is 10.7. The van der Waals surface area contributed by atoms with E-state index in [0.29, 0.717) is 18.0 Å². The van der Waals surface area contributed by atoms with Crippen LogP contribution in [0.5, 0.6) is 0 Å². The third kappa shape index (κ3) is 3.50. The molecule has 0 fully saturated rings. The van der Waals surface area contributed by atoms with Crippen LogP contribution in [-0.4, -0.2) is 22.1 Å². The number of rotatable bonds is 6. The third-order valence-corrected chi connectivity index (χ3v) is 4.47. The van der Waals surface area contributed by atoms with E-state index in [-0.39, 0.29) is 0 Å². The normalized spacial score (nSPS) is 19.0. The highest BCUT2D eigenvalue weighted by molar-refractivity contribution is 5.43. The Morgan fingerprint density at radius 3 is 2.86 bits per heavy atom. The number of benzene rings is 1. The van der Waals surface area contributed by atoms with Crippen molar-refractivity contribution < 1.29 is 0 Å². The highest BCUT2D eigenvalue weighted by atomic mass is 15.1. The van der Waals surface area contributed by atoms with Crippen molar-refractivity contribution in [1.82, 2.24) is 14.9 Å². The highest BCUT2D eigenvalue weighted by Crippen LogP contribution is 2.23. The summed E-state index contributed by atoms with van der Waals surface area (Å²) in [6.45, 7) is 6.59. The Morgan fingerprint density at radius 1 is 1.27 bits per heavy atom. The Morgan fingerprint density at radius 2 is 2.09 bits per heavy atom. The Kier molecular flexibility index (Phi) is 4.78. The SMILES string of the molecule is CC(C)C(CNC1CCCn2ccnc21)Nc1ccccc1. The number of imidazole rings is 1. The van der Waals surface area contributed by atoms with Gasteiger partial charge in [0, 0.05) is 37.2 Å². The molecule has 0 saturated carbocycles. The van der Waals surface area contributed by atoms with Crippen LogP contribution in [0, 0.1) is 5.92 Å². The zero-order chi connectivity index (χ0) is 15.4. The average molecular weight is 298 g/mol. The molecular weight excluding hydrogens is 272 g/mol. The Bertz CT molecular complexity index is 576.